The van der Waals surface area contributed by atoms with Crippen LogP contribution < -0.4 is 15.4 Å². The molecule has 8 rings (SSSR count). The van der Waals surface area contributed by atoms with Crippen LogP contribution in [0.15, 0.2) is 116 Å². The molecule has 2 saturated heterocycles. The molecule has 2 fully saturated rings. The van der Waals surface area contributed by atoms with Gasteiger partial charge >= 0.3 is 12.2 Å². The number of imidazole rings is 2. The van der Waals surface area contributed by atoms with E-state index in [0.717, 1.165) is 59.3 Å². The number of para-hydroxylation sites is 1. The Morgan fingerprint density at radius 3 is 1.74 bits per heavy atom. The highest BCUT2D eigenvalue weighted by atomic mass is 35.5. The van der Waals surface area contributed by atoms with Gasteiger partial charge in [0.15, 0.2) is 0 Å². The van der Waals surface area contributed by atoms with Crippen LogP contribution in [0.1, 0.15) is 74.9 Å². The fraction of sp³-hybridized carbons (Fsp3) is 0.306. The van der Waals surface area contributed by atoms with E-state index in [2.05, 4.69) is 20.6 Å². The van der Waals surface area contributed by atoms with Gasteiger partial charge in [-0.1, -0.05) is 92.7 Å². The van der Waals surface area contributed by atoms with Gasteiger partial charge in [-0.05, 0) is 72.6 Å². The minimum atomic E-state index is -0.903. The molecule has 3 unspecified atom stereocenters. The monoisotopic (exact) mass is 936 g/mol. The van der Waals surface area contributed by atoms with Crippen LogP contribution in [-0.4, -0.2) is 87.1 Å². The Morgan fingerprint density at radius 1 is 0.652 bits per heavy atom. The Balaban J connectivity index is 0.00000360. The van der Waals surface area contributed by atoms with E-state index in [1.54, 1.807) is 22.2 Å². The molecule has 4 amide bonds. The smallest absolute Gasteiger partial charge is 0.407 e. The molecular weight excluding hydrogens is 883 g/mol. The van der Waals surface area contributed by atoms with Crippen molar-refractivity contribution in [3.8, 4) is 45.1 Å². The molecule has 0 spiro atoms. The number of benzene rings is 4. The van der Waals surface area contributed by atoms with E-state index >= 15 is 0 Å². The lowest BCUT2D eigenvalue weighted by Crippen LogP contribution is -2.51. The zero-order valence-electron chi connectivity index (χ0n) is 37.1. The molecule has 4 atom stereocenters. The van der Waals surface area contributed by atoms with E-state index in [1.165, 1.54) is 14.2 Å². The van der Waals surface area contributed by atoms with Gasteiger partial charge < -0.3 is 44.6 Å². The van der Waals surface area contributed by atoms with Gasteiger partial charge in [0.25, 0.3) is 5.91 Å². The largest absolute Gasteiger partial charge is 0.457 e. The first-order valence-electron chi connectivity index (χ1n) is 21.5. The molecule has 346 valence electrons. The number of carbonyl (C=O) groups is 4. The zero-order chi connectivity index (χ0) is 44.7. The number of hydrogen-bond acceptors (Lipinski definition) is 9. The summed E-state index contributed by atoms with van der Waals surface area (Å²) in [4.78, 5) is 72.1. The maximum absolute atomic E-state index is 14.0. The number of nitrogens with one attached hydrogen (secondary N) is 4. The number of carbonyl (C=O) groups excluding carboxylic acids is 4. The average Bonchev–Trinajstić information content (AvgIpc) is 4.18. The predicted octanol–water partition coefficient (Wildman–Crippen LogP) is 9.57. The fourth-order valence-electron chi connectivity index (χ4n) is 8.55. The molecule has 2 aromatic heterocycles. The van der Waals surface area contributed by atoms with Crippen LogP contribution in [0.2, 0.25) is 0 Å². The van der Waals surface area contributed by atoms with Crippen molar-refractivity contribution in [3.63, 3.8) is 0 Å². The third-order valence-electron chi connectivity index (χ3n) is 11.9. The van der Waals surface area contributed by atoms with Gasteiger partial charge in [0.2, 0.25) is 5.91 Å². The molecule has 15 nitrogen and oxygen atoms in total. The minimum absolute atomic E-state index is 0. The lowest BCUT2D eigenvalue weighted by Gasteiger charge is -2.30. The molecule has 0 aliphatic carbocycles. The third kappa shape index (κ3) is 10.6. The second-order valence-corrected chi connectivity index (χ2v) is 16.3. The molecule has 2 aliphatic rings. The number of halogens is 2. The van der Waals surface area contributed by atoms with E-state index in [-0.39, 0.29) is 54.6 Å². The molecule has 4 aromatic carbocycles. The highest BCUT2D eigenvalue weighted by molar-refractivity contribution is 5.88. The van der Waals surface area contributed by atoms with Gasteiger partial charge in [0, 0.05) is 24.2 Å². The standard InChI is InChI=1S/C49H52N8O7.2ClH/c1-30(2)42(54-48(60)62-3)46(58)56-25-11-17-39(56)45-51-29-38(53-45)34-23-24-36(41(27-34)64-35-15-9-6-10-16-35)31-19-21-32(22-20-31)37-28-50-44(52-37)40-18-12-26-57(40)47(59)43(55-49(61)63-4)33-13-7-5-8-14-33;;/h5-10,13-16,19-24,27-30,39-40,42-43H,11-12,17-18,25-26H2,1-4H3,(H,50,52)(H,51,53)(H,54,60)(H,55,61);2*1H/t39?,40?,42-,43?;;/m0../s1. The van der Waals surface area contributed by atoms with Gasteiger partial charge in [-0.25, -0.2) is 19.6 Å². The van der Waals surface area contributed by atoms with Gasteiger partial charge in [0.1, 0.15) is 35.2 Å². The first kappa shape index (κ1) is 48.6. The molecular formula is C49H54Cl2N8O7. The van der Waals surface area contributed by atoms with Crippen molar-refractivity contribution in [2.75, 3.05) is 27.3 Å². The van der Waals surface area contributed by atoms with Crippen molar-refractivity contribution in [1.82, 2.24) is 40.4 Å². The van der Waals surface area contributed by atoms with Crippen molar-refractivity contribution in [3.05, 3.63) is 133 Å². The fourth-order valence-corrected chi connectivity index (χ4v) is 8.55. The second kappa shape index (κ2) is 21.9. The maximum Gasteiger partial charge on any atom is 0.407 e. The minimum Gasteiger partial charge on any atom is -0.457 e. The van der Waals surface area contributed by atoms with Gasteiger partial charge in [0.05, 0.1) is 50.1 Å². The Kier molecular flexibility index (Phi) is 16.1. The number of methoxy groups -OCH3 is 2. The number of aromatic nitrogens is 4. The van der Waals surface area contributed by atoms with E-state index in [4.69, 9.17) is 24.2 Å². The summed E-state index contributed by atoms with van der Waals surface area (Å²) < 4.78 is 16.2. The number of nitrogens with zero attached hydrogens (tertiary/aromatic N) is 4. The van der Waals surface area contributed by atoms with E-state index < -0.39 is 24.3 Å². The van der Waals surface area contributed by atoms with Crippen LogP contribution in [0.3, 0.4) is 0 Å². The third-order valence-corrected chi connectivity index (χ3v) is 11.9. The number of hydrogen-bond donors (Lipinski definition) is 4. The number of amides is 4. The molecule has 6 aromatic rings. The van der Waals surface area contributed by atoms with Crippen molar-refractivity contribution in [2.24, 2.45) is 5.92 Å². The number of likely N-dealkylation sites (tertiary alicyclic amines) is 2. The average molecular weight is 938 g/mol. The Labute approximate surface area is 395 Å². The number of alkyl carbamates (subject to hydrolysis) is 2. The molecule has 66 heavy (non-hydrogen) atoms. The Morgan fingerprint density at radius 2 is 1.17 bits per heavy atom. The summed E-state index contributed by atoms with van der Waals surface area (Å²) in [5, 5.41) is 5.42. The van der Waals surface area contributed by atoms with Crippen molar-refractivity contribution in [2.45, 2.75) is 63.7 Å². The quantitative estimate of drug-likeness (QED) is 0.0876. The van der Waals surface area contributed by atoms with E-state index in [1.807, 2.05) is 117 Å². The molecule has 4 N–H and O–H groups in total. The Bertz CT molecular complexity index is 2590. The highest BCUT2D eigenvalue weighted by Crippen LogP contribution is 2.39. The number of H-pyrrole nitrogens is 2. The van der Waals surface area contributed by atoms with Gasteiger partial charge in [-0.15, -0.1) is 24.8 Å². The van der Waals surface area contributed by atoms with Crippen molar-refractivity contribution >= 4 is 48.8 Å². The summed E-state index contributed by atoms with van der Waals surface area (Å²) in [7, 11) is 2.56. The molecule has 4 heterocycles. The summed E-state index contributed by atoms with van der Waals surface area (Å²) in [6.45, 7) is 4.88. The summed E-state index contributed by atoms with van der Waals surface area (Å²) in [6, 6.07) is 30.7. The molecule has 0 bridgehead atoms. The van der Waals surface area contributed by atoms with Gasteiger partial charge in [-0.3, -0.25) is 9.59 Å². The van der Waals surface area contributed by atoms with Crippen LogP contribution >= 0.6 is 24.8 Å². The summed E-state index contributed by atoms with van der Waals surface area (Å²) in [5.41, 5.74) is 5.83. The molecule has 0 radical (unpaired) electrons. The van der Waals surface area contributed by atoms with Gasteiger partial charge in [-0.2, -0.15) is 0 Å². The van der Waals surface area contributed by atoms with Crippen LogP contribution in [0.5, 0.6) is 11.5 Å². The van der Waals surface area contributed by atoms with Crippen LogP contribution in [-0.2, 0) is 19.1 Å². The SMILES string of the molecule is COC(=O)NC(C(=O)N1CCCC1c1ncc(-c2ccc(-c3ccc(-c4cnc(C5CCCN5C(=O)[C@@H](NC(=O)OC)C(C)C)[nH]4)cc3Oc3ccccc3)cc2)[nH]1)c1ccccc1.Cl.Cl. The first-order valence-corrected chi connectivity index (χ1v) is 21.5. The topological polar surface area (TPSA) is 184 Å². The summed E-state index contributed by atoms with van der Waals surface area (Å²) in [5.74, 6) is 2.14. The number of ether oxygens (including phenoxy) is 3. The Hall–Kier alpha value is -6.84. The summed E-state index contributed by atoms with van der Waals surface area (Å²) in [6.07, 6.45) is 5.31. The van der Waals surface area contributed by atoms with Crippen LogP contribution in [0, 0.1) is 5.92 Å². The highest BCUT2D eigenvalue weighted by Gasteiger charge is 2.39. The number of rotatable bonds is 13. The normalized spacial score (nSPS) is 16.4. The second-order valence-electron chi connectivity index (χ2n) is 16.3. The van der Waals surface area contributed by atoms with Crippen LogP contribution in [0.25, 0.3) is 33.6 Å². The summed E-state index contributed by atoms with van der Waals surface area (Å²) >= 11 is 0. The predicted molar refractivity (Wildman–Crippen MR) is 254 cm³/mol. The first-order chi connectivity index (χ1) is 31.1. The zero-order valence-corrected chi connectivity index (χ0v) is 38.7. The van der Waals surface area contributed by atoms with E-state index in [9.17, 15) is 19.2 Å². The van der Waals surface area contributed by atoms with E-state index in [0.29, 0.717) is 41.8 Å². The van der Waals surface area contributed by atoms with Crippen molar-refractivity contribution in [1.29, 1.82) is 0 Å². The lowest BCUT2D eigenvalue weighted by molar-refractivity contribution is -0.135. The molecule has 0 saturated carbocycles. The molecule has 17 heteroatoms. The molecule has 2 aliphatic heterocycles. The van der Waals surface area contributed by atoms with Crippen molar-refractivity contribution < 1.29 is 33.4 Å². The number of aromatic amines is 2. The maximum atomic E-state index is 14.0. The lowest BCUT2D eigenvalue weighted by atomic mass is 10.00. The van der Waals surface area contributed by atoms with Crippen LogP contribution in [0.4, 0.5) is 9.59 Å².